The van der Waals surface area contributed by atoms with Gasteiger partial charge in [0.05, 0.1) is 0 Å². The molecule has 3 aromatic carbocycles. The van der Waals surface area contributed by atoms with Crippen molar-refractivity contribution in [2.75, 3.05) is 5.32 Å². The monoisotopic (exact) mass is 498 g/mol. The second-order valence-corrected chi connectivity index (χ2v) is 8.24. The number of hydroxylamine groups is 1. The van der Waals surface area contributed by atoms with Gasteiger partial charge >= 0.3 is 6.09 Å². The Morgan fingerprint density at radius 3 is 2.43 bits per heavy atom. The molecule has 37 heavy (non-hydrogen) atoms. The molecule has 9 nitrogen and oxygen atoms in total. The number of alkyl carbamates (subject to hydrolysis) is 1. The van der Waals surface area contributed by atoms with Crippen LogP contribution in [0.15, 0.2) is 91.1 Å². The van der Waals surface area contributed by atoms with Crippen molar-refractivity contribution in [2.24, 2.45) is 0 Å². The number of benzene rings is 3. The summed E-state index contributed by atoms with van der Waals surface area (Å²) in [4.78, 5) is 40.2. The van der Waals surface area contributed by atoms with E-state index in [1.54, 1.807) is 24.3 Å². The number of H-pyrrole nitrogens is 1. The van der Waals surface area contributed by atoms with Gasteiger partial charge in [-0.1, -0.05) is 60.7 Å². The van der Waals surface area contributed by atoms with Crippen LogP contribution in [0.2, 0.25) is 0 Å². The van der Waals surface area contributed by atoms with Gasteiger partial charge in [0.25, 0.3) is 5.91 Å². The molecule has 188 valence electrons. The maximum absolute atomic E-state index is 13.2. The third-order valence-corrected chi connectivity index (χ3v) is 5.64. The molecular formula is C28H26N4O5. The zero-order valence-electron chi connectivity index (χ0n) is 19.8. The van der Waals surface area contributed by atoms with Crippen LogP contribution in [0, 0.1) is 0 Å². The SMILES string of the molecule is O=C(C=Cc1ccc(NC(=O)[C@@H](Cc2c[nH]c3ccccc23)NC(=O)OCc2ccccc2)cc1)NO. The van der Waals surface area contributed by atoms with Crippen LogP contribution in [0.3, 0.4) is 0 Å². The zero-order chi connectivity index (χ0) is 26.0. The summed E-state index contributed by atoms with van der Waals surface area (Å²) in [5.74, 6) is -1.06. The van der Waals surface area contributed by atoms with E-state index in [0.29, 0.717) is 11.3 Å². The summed E-state index contributed by atoms with van der Waals surface area (Å²) in [7, 11) is 0. The van der Waals surface area contributed by atoms with Crippen molar-refractivity contribution in [2.45, 2.75) is 19.1 Å². The van der Waals surface area contributed by atoms with Gasteiger partial charge in [0, 0.05) is 35.3 Å². The summed E-state index contributed by atoms with van der Waals surface area (Å²) < 4.78 is 5.34. The minimum absolute atomic E-state index is 0.0807. The smallest absolute Gasteiger partial charge is 0.408 e. The molecule has 0 bridgehead atoms. The van der Waals surface area contributed by atoms with Crippen LogP contribution in [0.4, 0.5) is 10.5 Å². The Bertz CT molecular complexity index is 1400. The molecule has 1 heterocycles. The highest BCUT2D eigenvalue weighted by Gasteiger charge is 2.23. The normalized spacial score (nSPS) is 11.7. The second kappa shape index (κ2) is 12.2. The standard InChI is InChI=1S/C28H26N4O5/c33-26(32-36)15-12-19-10-13-22(14-11-19)30-27(34)25(16-21-17-29-24-9-5-4-8-23(21)24)31-28(35)37-18-20-6-2-1-3-7-20/h1-15,17,25,29,36H,16,18H2,(H,30,34)(H,31,35)(H,32,33)/t25-/m1/s1. The van der Waals surface area contributed by atoms with E-state index < -0.39 is 23.9 Å². The molecular weight excluding hydrogens is 472 g/mol. The number of aromatic nitrogens is 1. The summed E-state index contributed by atoms with van der Waals surface area (Å²) in [6.07, 6.45) is 4.06. The van der Waals surface area contributed by atoms with Crippen molar-refractivity contribution < 1.29 is 24.3 Å². The van der Waals surface area contributed by atoms with Gasteiger partial charge in [0.2, 0.25) is 5.91 Å². The van der Waals surface area contributed by atoms with Gasteiger partial charge < -0.3 is 20.4 Å². The van der Waals surface area contributed by atoms with Crippen molar-refractivity contribution in [1.82, 2.24) is 15.8 Å². The van der Waals surface area contributed by atoms with Crippen molar-refractivity contribution in [1.29, 1.82) is 0 Å². The molecule has 4 rings (SSSR count). The second-order valence-electron chi connectivity index (χ2n) is 8.24. The Morgan fingerprint density at radius 2 is 1.68 bits per heavy atom. The van der Waals surface area contributed by atoms with Crippen molar-refractivity contribution in [3.63, 3.8) is 0 Å². The van der Waals surface area contributed by atoms with Gasteiger partial charge in [-0.2, -0.15) is 0 Å². The lowest BCUT2D eigenvalue weighted by Gasteiger charge is -2.18. The predicted molar refractivity (Wildman–Crippen MR) is 140 cm³/mol. The molecule has 9 heteroatoms. The molecule has 0 fully saturated rings. The highest BCUT2D eigenvalue weighted by molar-refractivity contribution is 5.97. The first-order valence-corrected chi connectivity index (χ1v) is 11.6. The van der Waals surface area contributed by atoms with E-state index in [1.807, 2.05) is 60.8 Å². The van der Waals surface area contributed by atoms with Gasteiger partial charge in [-0.3, -0.25) is 14.8 Å². The summed E-state index contributed by atoms with van der Waals surface area (Å²) >= 11 is 0. The molecule has 3 amide bonds. The summed E-state index contributed by atoms with van der Waals surface area (Å²) in [6.45, 7) is 0.0807. The largest absolute Gasteiger partial charge is 0.445 e. The average molecular weight is 499 g/mol. The maximum Gasteiger partial charge on any atom is 0.408 e. The zero-order valence-corrected chi connectivity index (χ0v) is 19.8. The maximum atomic E-state index is 13.2. The first kappa shape index (κ1) is 25.2. The van der Waals surface area contributed by atoms with E-state index in [0.717, 1.165) is 22.0 Å². The molecule has 1 atom stereocenters. The summed E-state index contributed by atoms with van der Waals surface area (Å²) in [6, 6.07) is 22.8. The number of aromatic amines is 1. The number of nitrogens with one attached hydrogen (secondary N) is 4. The number of carbonyl (C=O) groups is 3. The first-order valence-electron chi connectivity index (χ1n) is 11.6. The van der Waals surface area contributed by atoms with E-state index in [2.05, 4.69) is 15.6 Å². The fourth-order valence-corrected chi connectivity index (χ4v) is 3.75. The van der Waals surface area contributed by atoms with Crippen LogP contribution in [0.1, 0.15) is 16.7 Å². The predicted octanol–water partition coefficient (Wildman–Crippen LogP) is 4.16. The number of rotatable bonds is 9. The van der Waals surface area contributed by atoms with Gasteiger partial charge in [-0.25, -0.2) is 10.3 Å². The van der Waals surface area contributed by atoms with Crippen molar-refractivity contribution in [3.05, 3.63) is 108 Å². The Morgan fingerprint density at radius 1 is 0.946 bits per heavy atom. The number of carbonyl (C=O) groups excluding carboxylic acids is 3. The van der Waals surface area contributed by atoms with Gasteiger partial charge in [0.15, 0.2) is 0 Å². The van der Waals surface area contributed by atoms with Crippen LogP contribution in [-0.4, -0.2) is 34.1 Å². The molecule has 0 aliphatic heterocycles. The number of anilines is 1. The molecule has 1 aromatic heterocycles. The quantitative estimate of drug-likeness (QED) is 0.134. The van der Waals surface area contributed by atoms with Crippen molar-refractivity contribution in [3.8, 4) is 0 Å². The lowest BCUT2D eigenvalue weighted by atomic mass is 10.0. The van der Waals surface area contributed by atoms with Crippen molar-refractivity contribution >= 4 is 40.6 Å². The first-order chi connectivity index (χ1) is 18.0. The summed E-state index contributed by atoms with van der Waals surface area (Å²) in [5, 5.41) is 15.1. The van der Waals surface area contributed by atoms with Gasteiger partial charge in [-0.15, -0.1) is 0 Å². The Hall–Kier alpha value is -4.89. The van der Waals surface area contributed by atoms with Crippen LogP contribution < -0.4 is 16.1 Å². The molecule has 0 aliphatic rings. The number of fused-ring (bicyclic) bond motifs is 1. The van der Waals surface area contributed by atoms with E-state index >= 15 is 0 Å². The summed E-state index contributed by atoms with van der Waals surface area (Å²) in [5.41, 5.74) is 5.37. The molecule has 0 spiro atoms. The lowest BCUT2D eigenvalue weighted by molar-refractivity contribution is -0.124. The topological polar surface area (TPSA) is 133 Å². The highest BCUT2D eigenvalue weighted by Crippen LogP contribution is 2.20. The molecule has 0 radical (unpaired) electrons. The van der Waals surface area contributed by atoms with E-state index in [1.165, 1.54) is 17.6 Å². The molecule has 0 saturated carbocycles. The Kier molecular flexibility index (Phi) is 8.30. The number of ether oxygens (including phenoxy) is 1. The van der Waals surface area contributed by atoms with Gasteiger partial charge in [-0.05, 0) is 41.0 Å². The number of amides is 3. The van der Waals surface area contributed by atoms with E-state index in [9.17, 15) is 14.4 Å². The highest BCUT2D eigenvalue weighted by atomic mass is 16.5. The van der Waals surface area contributed by atoms with E-state index in [-0.39, 0.29) is 13.0 Å². The van der Waals surface area contributed by atoms with E-state index in [4.69, 9.17) is 9.94 Å². The molecule has 4 aromatic rings. The molecule has 5 N–H and O–H groups in total. The Balaban J connectivity index is 1.46. The van der Waals surface area contributed by atoms with Crippen LogP contribution >= 0.6 is 0 Å². The van der Waals surface area contributed by atoms with Crippen LogP contribution in [0.5, 0.6) is 0 Å². The third kappa shape index (κ3) is 7.06. The third-order valence-electron chi connectivity index (χ3n) is 5.64. The van der Waals surface area contributed by atoms with Gasteiger partial charge in [0.1, 0.15) is 12.6 Å². The molecule has 0 saturated heterocycles. The van der Waals surface area contributed by atoms with Crippen LogP contribution in [-0.2, 0) is 27.4 Å². The average Bonchev–Trinajstić information content (AvgIpc) is 3.34. The minimum Gasteiger partial charge on any atom is -0.445 e. The lowest BCUT2D eigenvalue weighted by Crippen LogP contribution is -2.45. The fraction of sp³-hybridized carbons (Fsp3) is 0.107. The number of hydrogen-bond acceptors (Lipinski definition) is 5. The fourth-order valence-electron chi connectivity index (χ4n) is 3.75. The van der Waals surface area contributed by atoms with Crippen LogP contribution in [0.25, 0.3) is 17.0 Å². The molecule has 0 aliphatic carbocycles. The Labute approximate surface area is 213 Å². The number of para-hydroxylation sites is 1. The molecule has 0 unspecified atom stereocenters. The minimum atomic E-state index is -0.907. The number of hydrogen-bond donors (Lipinski definition) is 5.